The largest absolute Gasteiger partial charge is 0.368 e. The minimum Gasteiger partial charge on any atom is -0.368 e. The summed E-state index contributed by atoms with van der Waals surface area (Å²) in [5, 5.41) is 5.06. The summed E-state index contributed by atoms with van der Waals surface area (Å²) in [5.74, 6) is -4.82. The molecule has 0 aliphatic heterocycles. The summed E-state index contributed by atoms with van der Waals surface area (Å²) >= 11 is 0. The zero-order chi connectivity index (χ0) is 32.8. The van der Waals surface area contributed by atoms with Crippen LogP contribution in [0, 0.1) is 17.8 Å². The first-order valence-corrected chi connectivity index (χ1v) is 15.0. The molecule has 0 saturated carbocycles. The van der Waals surface area contributed by atoms with Crippen LogP contribution in [0.5, 0.6) is 0 Å². The molecule has 0 saturated heterocycles. The molecule has 0 bridgehead atoms. The normalized spacial score (nSPS) is 13.7. The number of hydrogen-bond acceptors (Lipinski definition) is 7. The molecule has 4 atom stereocenters. The van der Waals surface area contributed by atoms with Crippen molar-refractivity contribution in [3.05, 3.63) is 66.0 Å². The maximum absolute atomic E-state index is 13.4. The number of primary amides is 1. The molecule has 0 radical (unpaired) electrons. The SMILES string of the molecule is CC[C@H](C)C(NC(=O)[C@@H](CC(=O)Cc1ccncc1)CC(C)C)C(=O)C(=O)NCC(=O)N(C)[C@@H](Cc1ccccc1)C(N)=O. The second kappa shape index (κ2) is 17.6. The van der Waals surface area contributed by atoms with E-state index in [1.54, 1.807) is 55.7 Å². The van der Waals surface area contributed by atoms with E-state index >= 15 is 0 Å². The molecule has 0 spiro atoms. The second-order valence-corrected chi connectivity index (χ2v) is 11.6. The van der Waals surface area contributed by atoms with Gasteiger partial charge in [-0.1, -0.05) is 64.4 Å². The van der Waals surface area contributed by atoms with E-state index in [4.69, 9.17) is 5.73 Å². The summed E-state index contributed by atoms with van der Waals surface area (Å²) in [5.41, 5.74) is 7.14. The molecule has 1 aromatic heterocycles. The van der Waals surface area contributed by atoms with Gasteiger partial charge >= 0.3 is 0 Å². The molecule has 0 aliphatic carbocycles. The second-order valence-electron chi connectivity index (χ2n) is 11.6. The molecule has 0 fully saturated rings. The number of Topliss-reactive ketones (excluding diaryl/α,β-unsaturated/α-hetero) is 2. The Balaban J connectivity index is 2.07. The Morgan fingerprint density at radius 1 is 0.932 bits per heavy atom. The lowest BCUT2D eigenvalue weighted by Crippen LogP contribution is -2.54. The molecule has 0 aliphatic rings. The third-order valence-electron chi connectivity index (χ3n) is 7.63. The van der Waals surface area contributed by atoms with E-state index in [-0.39, 0.29) is 31.0 Å². The maximum Gasteiger partial charge on any atom is 0.290 e. The Bertz CT molecular complexity index is 1280. The lowest BCUT2D eigenvalue weighted by atomic mass is 9.88. The lowest BCUT2D eigenvalue weighted by Gasteiger charge is -2.27. The molecular weight excluding hydrogens is 562 g/mol. The van der Waals surface area contributed by atoms with E-state index in [1.165, 1.54) is 7.05 Å². The number of rotatable bonds is 18. The van der Waals surface area contributed by atoms with Gasteiger partial charge in [0.25, 0.3) is 5.91 Å². The van der Waals surface area contributed by atoms with Crippen molar-refractivity contribution in [2.45, 2.75) is 71.9 Å². The third kappa shape index (κ3) is 11.3. The fourth-order valence-electron chi connectivity index (χ4n) is 4.85. The van der Waals surface area contributed by atoms with Crippen molar-refractivity contribution >= 4 is 35.2 Å². The number of nitrogens with one attached hydrogen (secondary N) is 2. The number of carbonyl (C=O) groups is 6. The molecule has 1 aromatic carbocycles. The molecule has 4 amide bonds. The van der Waals surface area contributed by atoms with Crippen molar-refractivity contribution in [1.29, 1.82) is 0 Å². The molecule has 2 aromatic rings. The van der Waals surface area contributed by atoms with Crippen LogP contribution in [0.2, 0.25) is 0 Å². The summed E-state index contributed by atoms with van der Waals surface area (Å²) in [6.45, 7) is 6.90. The number of aromatic nitrogens is 1. The highest BCUT2D eigenvalue weighted by Crippen LogP contribution is 2.19. The lowest BCUT2D eigenvalue weighted by molar-refractivity contribution is -0.143. The zero-order valence-corrected chi connectivity index (χ0v) is 26.2. The van der Waals surface area contributed by atoms with Crippen LogP contribution in [0.3, 0.4) is 0 Å². The van der Waals surface area contributed by atoms with Gasteiger partial charge in [-0.2, -0.15) is 0 Å². The molecule has 238 valence electrons. The van der Waals surface area contributed by atoms with Crippen molar-refractivity contribution in [2.24, 2.45) is 23.5 Å². The van der Waals surface area contributed by atoms with Gasteiger partial charge in [-0.3, -0.25) is 33.8 Å². The number of pyridine rings is 1. The minimum absolute atomic E-state index is 0.00913. The maximum atomic E-state index is 13.4. The van der Waals surface area contributed by atoms with E-state index in [2.05, 4.69) is 15.6 Å². The van der Waals surface area contributed by atoms with E-state index in [0.717, 1.165) is 16.0 Å². The van der Waals surface area contributed by atoms with Crippen LogP contribution in [-0.2, 0) is 41.6 Å². The summed E-state index contributed by atoms with van der Waals surface area (Å²) in [7, 11) is 1.40. The van der Waals surface area contributed by atoms with Gasteiger partial charge in [0.2, 0.25) is 23.5 Å². The highest BCUT2D eigenvalue weighted by molar-refractivity contribution is 6.38. The number of nitrogens with two attached hydrogens (primary N) is 1. The fourth-order valence-corrected chi connectivity index (χ4v) is 4.85. The third-order valence-corrected chi connectivity index (χ3v) is 7.63. The molecule has 11 heteroatoms. The highest BCUT2D eigenvalue weighted by atomic mass is 16.2. The number of nitrogens with zero attached hydrogens (tertiary/aromatic N) is 2. The monoisotopic (exact) mass is 607 g/mol. The molecule has 44 heavy (non-hydrogen) atoms. The molecule has 2 rings (SSSR count). The van der Waals surface area contributed by atoms with E-state index in [9.17, 15) is 28.8 Å². The van der Waals surface area contributed by atoms with Crippen LogP contribution in [-0.4, -0.2) is 70.8 Å². The van der Waals surface area contributed by atoms with Crippen LogP contribution < -0.4 is 16.4 Å². The fraction of sp³-hybridized carbons (Fsp3) is 0.485. The Labute approximate surface area is 259 Å². The smallest absolute Gasteiger partial charge is 0.290 e. The van der Waals surface area contributed by atoms with Gasteiger partial charge in [0.05, 0.1) is 12.6 Å². The Kier molecular flexibility index (Phi) is 14.4. The highest BCUT2D eigenvalue weighted by Gasteiger charge is 2.34. The number of likely N-dealkylation sites (N-methyl/N-ethyl adjacent to an activating group) is 1. The van der Waals surface area contributed by atoms with E-state index in [0.29, 0.717) is 12.8 Å². The quantitative estimate of drug-likeness (QED) is 0.218. The number of ketones is 2. The first-order chi connectivity index (χ1) is 20.8. The van der Waals surface area contributed by atoms with Crippen LogP contribution in [0.25, 0.3) is 0 Å². The number of carbonyl (C=O) groups excluding carboxylic acids is 6. The van der Waals surface area contributed by atoms with Crippen LogP contribution in [0.1, 0.15) is 58.1 Å². The van der Waals surface area contributed by atoms with Crippen molar-refractivity contribution in [3.8, 4) is 0 Å². The summed E-state index contributed by atoms with van der Waals surface area (Å²) in [6.07, 6.45) is 4.45. The van der Waals surface area contributed by atoms with Crippen molar-refractivity contribution in [2.75, 3.05) is 13.6 Å². The molecule has 1 unspecified atom stereocenters. The molecular formula is C33H45N5O6. The van der Waals surface area contributed by atoms with E-state index in [1.807, 2.05) is 26.8 Å². The van der Waals surface area contributed by atoms with Gasteiger partial charge in [-0.15, -0.1) is 0 Å². The Morgan fingerprint density at radius 3 is 2.14 bits per heavy atom. The minimum atomic E-state index is -1.15. The van der Waals surface area contributed by atoms with Gasteiger partial charge in [0.15, 0.2) is 0 Å². The Hall–Kier alpha value is -4.41. The van der Waals surface area contributed by atoms with Crippen LogP contribution >= 0.6 is 0 Å². The van der Waals surface area contributed by atoms with Gasteiger partial charge < -0.3 is 21.3 Å². The molecule has 11 nitrogen and oxygen atoms in total. The van der Waals surface area contributed by atoms with Gasteiger partial charge in [-0.25, -0.2) is 0 Å². The molecule has 4 N–H and O–H groups in total. The van der Waals surface area contributed by atoms with Crippen LogP contribution in [0.4, 0.5) is 0 Å². The summed E-state index contributed by atoms with van der Waals surface area (Å²) in [6, 6.07) is 10.4. The van der Waals surface area contributed by atoms with Crippen molar-refractivity contribution in [1.82, 2.24) is 20.5 Å². The first-order valence-electron chi connectivity index (χ1n) is 15.0. The number of amides is 4. The number of benzene rings is 1. The van der Waals surface area contributed by atoms with Gasteiger partial charge in [0, 0.05) is 44.6 Å². The van der Waals surface area contributed by atoms with Gasteiger partial charge in [0.1, 0.15) is 11.8 Å². The number of hydrogen-bond donors (Lipinski definition) is 3. The predicted octanol–water partition coefficient (Wildman–Crippen LogP) is 2.02. The predicted molar refractivity (Wildman–Crippen MR) is 166 cm³/mol. The average molecular weight is 608 g/mol. The Morgan fingerprint density at radius 2 is 1.57 bits per heavy atom. The van der Waals surface area contributed by atoms with E-state index < -0.39 is 59.9 Å². The van der Waals surface area contributed by atoms with Crippen molar-refractivity contribution in [3.63, 3.8) is 0 Å². The standard InChI is InChI=1S/C33H45N5O6/c1-6-22(4)29(37-32(43)25(16-21(2)3)19-26(39)17-24-12-14-35-15-13-24)30(41)33(44)36-20-28(40)38(5)27(31(34)42)18-23-10-8-7-9-11-23/h7-15,21-22,25,27,29H,6,16-20H2,1-5H3,(H2,34,42)(H,36,44)(H,37,43)/t22-,25+,27-,29?/m0/s1. The topological polar surface area (TPSA) is 169 Å². The van der Waals surface area contributed by atoms with Gasteiger partial charge in [-0.05, 0) is 41.5 Å². The molecule has 1 heterocycles. The van der Waals surface area contributed by atoms with Crippen molar-refractivity contribution < 1.29 is 28.8 Å². The zero-order valence-electron chi connectivity index (χ0n) is 26.2. The summed E-state index contributed by atoms with van der Waals surface area (Å²) < 4.78 is 0. The average Bonchev–Trinajstić information content (AvgIpc) is 3.00. The summed E-state index contributed by atoms with van der Waals surface area (Å²) in [4.78, 5) is 82.4. The van der Waals surface area contributed by atoms with Crippen LogP contribution in [0.15, 0.2) is 54.9 Å². The first kappa shape index (κ1) is 35.8.